The van der Waals surface area contributed by atoms with Crippen LogP contribution >= 0.6 is 11.6 Å². The Morgan fingerprint density at radius 1 is 1.53 bits per heavy atom. The van der Waals surface area contributed by atoms with Gasteiger partial charge in [-0.15, -0.1) is 0 Å². The molecule has 0 spiro atoms. The van der Waals surface area contributed by atoms with Gasteiger partial charge in [-0.1, -0.05) is 17.7 Å². The van der Waals surface area contributed by atoms with Crippen LogP contribution in [-0.2, 0) is 6.54 Å². The van der Waals surface area contributed by atoms with E-state index in [1.807, 2.05) is 6.92 Å². The molecule has 0 bridgehead atoms. The van der Waals surface area contributed by atoms with Gasteiger partial charge in [0.15, 0.2) is 0 Å². The van der Waals surface area contributed by atoms with E-state index in [4.69, 9.17) is 17.3 Å². The lowest BCUT2D eigenvalue weighted by Crippen LogP contribution is -2.28. The maximum atomic E-state index is 13.3. The van der Waals surface area contributed by atoms with Gasteiger partial charge in [0.2, 0.25) is 0 Å². The van der Waals surface area contributed by atoms with Crippen LogP contribution in [0.1, 0.15) is 18.9 Å². The highest BCUT2D eigenvalue weighted by molar-refractivity contribution is 6.30. The number of hydrogen-bond acceptors (Lipinski definition) is 2. The molecule has 0 amide bonds. The van der Waals surface area contributed by atoms with Crippen molar-refractivity contribution in [2.24, 2.45) is 5.73 Å². The predicted molar refractivity (Wildman–Crippen MR) is 61.4 cm³/mol. The first-order valence-corrected chi connectivity index (χ1v) is 5.38. The zero-order valence-corrected chi connectivity index (χ0v) is 9.52. The molecule has 15 heavy (non-hydrogen) atoms. The van der Waals surface area contributed by atoms with E-state index in [1.54, 1.807) is 12.1 Å². The van der Waals surface area contributed by atoms with E-state index < -0.39 is 0 Å². The van der Waals surface area contributed by atoms with E-state index >= 15 is 0 Å². The van der Waals surface area contributed by atoms with Gasteiger partial charge in [-0.3, -0.25) is 0 Å². The summed E-state index contributed by atoms with van der Waals surface area (Å²) >= 11 is 5.65. The Bertz CT molecular complexity index is 317. The quantitative estimate of drug-likeness (QED) is 0.815. The number of nitrogens with one attached hydrogen (secondary N) is 1. The molecule has 1 unspecified atom stereocenters. The topological polar surface area (TPSA) is 38.0 Å². The minimum Gasteiger partial charge on any atom is -0.330 e. The molecule has 0 saturated carbocycles. The zero-order valence-electron chi connectivity index (χ0n) is 8.76. The van der Waals surface area contributed by atoms with E-state index in [0.717, 1.165) is 6.42 Å². The van der Waals surface area contributed by atoms with Crippen molar-refractivity contribution in [3.63, 3.8) is 0 Å². The molecule has 1 aromatic rings. The van der Waals surface area contributed by atoms with Gasteiger partial charge in [-0.2, -0.15) is 0 Å². The zero-order chi connectivity index (χ0) is 11.3. The maximum Gasteiger partial charge on any atom is 0.129 e. The second-order valence-corrected chi connectivity index (χ2v) is 4.03. The van der Waals surface area contributed by atoms with Crippen LogP contribution in [0.25, 0.3) is 0 Å². The smallest absolute Gasteiger partial charge is 0.129 e. The molecule has 0 aliphatic carbocycles. The molecule has 0 aromatic heterocycles. The Kier molecular flexibility index (Phi) is 5.02. The number of halogens is 2. The highest BCUT2D eigenvalue weighted by atomic mass is 35.5. The average molecular weight is 231 g/mol. The van der Waals surface area contributed by atoms with Crippen LogP contribution in [0, 0.1) is 5.82 Å². The SMILES string of the molecule is CC(CCN)NCc1ccc(Cl)cc1F. The summed E-state index contributed by atoms with van der Waals surface area (Å²) in [5.74, 6) is -0.269. The Balaban J connectivity index is 2.50. The summed E-state index contributed by atoms with van der Waals surface area (Å²) < 4.78 is 13.3. The molecule has 1 atom stereocenters. The predicted octanol–water partition coefficient (Wildman–Crippen LogP) is 2.31. The second-order valence-electron chi connectivity index (χ2n) is 3.60. The lowest BCUT2D eigenvalue weighted by molar-refractivity contribution is 0.506. The highest BCUT2D eigenvalue weighted by Gasteiger charge is 2.04. The highest BCUT2D eigenvalue weighted by Crippen LogP contribution is 2.14. The summed E-state index contributed by atoms with van der Waals surface area (Å²) in [7, 11) is 0. The van der Waals surface area contributed by atoms with Crippen molar-refractivity contribution in [3.8, 4) is 0 Å². The molecule has 4 heteroatoms. The van der Waals surface area contributed by atoms with Crippen molar-refractivity contribution < 1.29 is 4.39 Å². The molecule has 1 aromatic carbocycles. The van der Waals surface area contributed by atoms with Crippen LogP contribution in [0.5, 0.6) is 0 Å². The molecule has 0 heterocycles. The molecule has 0 radical (unpaired) electrons. The van der Waals surface area contributed by atoms with E-state index in [9.17, 15) is 4.39 Å². The monoisotopic (exact) mass is 230 g/mol. The lowest BCUT2D eigenvalue weighted by atomic mass is 10.2. The van der Waals surface area contributed by atoms with Gasteiger partial charge < -0.3 is 11.1 Å². The Morgan fingerprint density at radius 2 is 2.27 bits per heavy atom. The first kappa shape index (κ1) is 12.4. The summed E-state index contributed by atoms with van der Waals surface area (Å²) in [5.41, 5.74) is 6.04. The summed E-state index contributed by atoms with van der Waals surface area (Å²) in [5, 5.41) is 3.62. The van der Waals surface area contributed by atoms with Crippen LogP contribution in [0.2, 0.25) is 5.02 Å². The van der Waals surface area contributed by atoms with Crippen molar-refractivity contribution in [2.75, 3.05) is 6.54 Å². The third-order valence-corrected chi connectivity index (χ3v) is 2.49. The number of hydrogen-bond donors (Lipinski definition) is 2. The fourth-order valence-electron chi connectivity index (χ4n) is 1.30. The Morgan fingerprint density at radius 3 is 2.87 bits per heavy atom. The Hall–Kier alpha value is -0.640. The van der Waals surface area contributed by atoms with E-state index in [1.165, 1.54) is 6.07 Å². The standard InChI is InChI=1S/C11H16ClFN2/c1-8(4-5-14)15-7-9-2-3-10(12)6-11(9)13/h2-3,6,8,15H,4-5,7,14H2,1H3. The Labute approximate surface area is 94.6 Å². The molecule has 0 fully saturated rings. The van der Waals surface area contributed by atoms with Gasteiger partial charge in [-0.05, 0) is 32.0 Å². The molecule has 0 saturated heterocycles. The van der Waals surface area contributed by atoms with E-state index in [0.29, 0.717) is 29.7 Å². The fourth-order valence-corrected chi connectivity index (χ4v) is 1.46. The van der Waals surface area contributed by atoms with Crippen molar-refractivity contribution in [2.45, 2.75) is 25.9 Å². The van der Waals surface area contributed by atoms with Gasteiger partial charge in [0.1, 0.15) is 5.82 Å². The van der Waals surface area contributed by atoms with Crippen LogP contribution in [0.4, 0.5) is 4.39 Å². The summed E-state index contributed by atoms with van der Waals surface area (Å²) in [6.07, 6.45) is 0.884. The second kappa shape index (κ2) is 6.05. The first-order chi connectivity index (χ1) is 7.13. The molecule has 2 nitrogen and oxygen atoms in total. The van der Waals surface area contributed by atoms with Gasteiger partial charge in [0, 0.05) is 23.2 Å². The lowest BCUT2D eigenvalue weighted by Gasteiger charge is -2.12. The normalized spacial score (nSPS) is 12.8. The number of nitrogens with two attached hydrogens (primary N) is 1. The van der Waals surface area contributed by atoms with E-state index in [-0.39, 0.29) is 5.82 Å². The molecule has 84 valence electrons. The van der Waals surface area contributed by atoms with Gasteiger partial charge in [-0.25, -0.2) is 4.39 Å². The van der Waals surface area contributed by atoms with Crippen molar-refractivity contribution >= 4 is 11.6 Å². The molecule has 0 aliphatic heterocycles. The maximum absolute atomic E-state index is 13.3. The first-order valence-electron chi connectivity index (χ1n) is 5.01. The van der Waals surface area contributed by atoms with Crippen molar-refractivity contribution in [1.29, 1.82) is 0 Å². The number of benzene rings is 1. The van der Waals surface area contributed by atoms with Gasteiger partial charge >= 0.3 is 0 Å². The minimum absolute atomic E-state index is 0.269. The van der Waals surface area contributed by atoms with Crippen molar-refractivity contribution in [3.05, 3.63) is 34.6 Å². The summed E-state index contributed by atoms with van der Waals surface area (Å²) in [6, 6.07) is 5.01. The van der Waals surface area contributed by atoms with Gasteiger partial charge in [0.05, 0.1) is 0 Å². The molecular formula is C11H16ClFN2. The molecule has 3 N–H and O–H groups in total. The molecular weight excluding hydrogens is 215 g/mol. The van der Waals surface area contributed by atoms with Crippen LogP contribution in [-0.4, -0.2) is 12.6 Å². The van der Waals surface area contributed by atoms with E-state index in [2.05, 4.69) is 5.32 Å². The van der Waals surface area contributed by atoms with Crippen LogP contribution < -0.4 is 11.1 Å². The average Bonchev–Trinajstić information content (AvgIpc) is 2.17. The third-order valence-electron chi connectivity index (χ3n) is 2.26. The fraction of sp³-hybridized carbons (Fsp3) is 0.455. The third kappa shape index (κ3) is 4.16. The van der Waals surface area contributed by atoms with Crippen molar-refractivity contribution in [1.82, 2.24) is 5.32 Å². The molecule has 0 aliphatic rings. The summed E-state index contributed by atoms with van der Waals surface area (Å²) in [4.78, 5) is 0. The molecule has 1 rings (SSSR count). The largest absolute Gasteiger partial charge is 0.330 e. The van der Waals surface area contributed by atoms with Crippen LogP contribution in [0.3, 0.4) is 0 Å². The van der Waals surface area contributed by atoms with Crippen LogP contribution in [0.15, 0.2) is 18.2 Å². The summed E-state index contributed by atoms with van der Waals surface area (Å²) in [6.45, 7) is 3.17. The minimum atomic E-state index is -0.269. The van der Waals surface area contributed by atoms with Gasteiger partial charge in [0.25, 0.3) is 0 Å². The number of rotatable bonds is 5.